The van der Waals surface area contributed by atoms with Gasteiger partial charge in [0.15, 0.2) is 0 Å². The van der Waals surface area contributed by atoms with E-state index >= 15 is 0 Å². The summed E-state index contributed by atoms with van der Waals surface area (Å²) < 4.78 is 24.2. The van der Waals surface area contributed by atoms with Crippen LogP contribution in [0.3, 0.4) is 0 Å². The van der Waals surface area contributed by atoms with Gasteiger partial charge in [0.1, 0.15) is 0 Å². The Kier molecular flexibility index (Phi) is 3.83. The minimum Gasteiger partial charge on any atom is -0.481 e. The lowest BCUT2D eigenvalue weighted by Crippen LogP contribution is -2.53. The van der Waals surface area contributed by atoms with Crippen molar-refractivity contribution in [3.05, 3.63) is 0 Å². The molecule has 1 rings (SSSR count). The highest BCUT2D eigenvalue weighted by Gasteiger charge is 2.44. The Bertz CT molecular complexity index is 296. The number of carbonyl (C=O) groups excluding carboxylic acids is 1. The van der Waals surface area contributed by atoms with Crippen molar-refractivity contribution in [1.29, 1.82) is 0 Å². The third-order valence-corrected chi connectivity index (χ3v) is 3.21. The number of halogens is 2. The fraction of sp³-hybridized carbons (Fsp3) is 0.800. The van der Waals surface area contributed by atoms with Crippen molar-refractivity contribution >= 4 is 11.9 Å². The predicted molar refractivity (Wildman–Crippen MR) is 52.1 cm³/mol. The van der Waals surface area contributed by atoms with Crippen LogP contribution in [-0.4, -0.2) is 29.5 Å². The van der Waals surface area contributed by atoms with E-state index in [4.69, 9.17) is 5.11 Å². The number of carboxylic acids is 1. The van der Waals surface area contributed by atoms with Crippen LogP contribution in [-0.2, 0) is 9.59 Å². The fourth-order valence-corrected chi connectivity index (χ4v) is 2.06. The second-order valence-electron chi connectivity index (χ2n) is 4.33. The third-order valence-electron chi connectivity index (χ3n) is 3.21. The molecule has 0 bridgehead atoms. The first-order chi connectivity index (χ1) is 7.38. The Morgan fingerprint density at radius 3 is 2.56 bits per heavy atom. The Balaban J connectivity index is 2.75. The maximum atomic E-state index is 12.1. The number of hydrogen-bond donors (Lipinski definition) is 2. The van der Waals surface area contributed by atoms with Crippen LogP contribution >= 0.6 is 0 Å². The van der Waals surface area contributed by atoms with Crippen molar-refractivity contribution < 1.29 is 23.5 Å². The number of carboxylic acid groups (broad SMARTS) is 1. The zero-order chi connectivity index (χ0) is 12.3. The van der Waals surface area contributed by atoms with Crippen LogP contribution in [0.4, 0.5) is 8.78 Å². The molecule has 16 heavy (non-hydrogen) atoms. The molecule has 0 heterocycles. The Morgan fingerprint density at radius 2 is 2.06 bits per heavy atom. The van der Waals surface area contributed by atoms with Gasteiger partial charge >= 0.3 is 12.4 Å². The summed E-state index contributed by atoms with van der Waals surface area (Å²) in [5.74, 6) is -2.44. The summed E-state index contributed by atoms with van der Waals surface area (Å²) in [6.07, 6.45) is -0.779. The first kappa shape index (κ1) is 12.9. The molecule has 0 aromatic carbocycles. The van der Waals surface area contributed by atoms with E-state index in [9.17, 15) is 18.4 Å². The summed E-state index contributed by atoms with van der Waals surface area (Å²) in [6.45, 7) is 1.49. The van der Waals surface area contributed by atoms with Crippen molar-refractivity contribution in [3.8, 4) is 0 Å². The van der Waals surface area contributed by atoms with Crippen molar-refractivity contribution in [1.82, 2.24) is 5.32 Å². The van der Waals surface area contributed by atoms with Crippen LogP contribution < -0.4 is 5.32 Å². The largest absolute Gasteiger partial charge is 0.481 e. The number of carbonyl (C=O) groups is 2. The van der Waals surface area contributed by atoms with E-state index < -0.39 is 29.8 Å². The highest BCUT2D eigenvalue weighted by molar-refractivity contribution is 5.81. The van der Waals surface area contributed by atoms with Gasteiger partial charge < -0.3 is 10.4 Å². The molecular formula is C10H15F2NO3. The molecule has 0 spiro atoms. The highest BCUT2D eigenvalue weighted by Crippen LogP contribution is 2.36. The second kappa shape index (κ2) is 4.76. The predicted octanol–water partition coefficient (Wildman–Crippen LogP) is 1.40. The first-order valence-electron chi connectivity index (χ1n) is 5.20. The molecular weight excluding hydrogens is 220 g/mol. The molecule has 1 aliphatic carbocycles. The van der Waals surface area contributed by atoms with Crippen LogP contribution in [0, 0.1) is 5.41 Å². The molecule has 1 amide bonds. The summed E-state index contributed by atoms with van der Waals surface area (Å²) in [6, 6.07) is -0.708. The van der Waals surface area contributed by atoms with E-state index in [-0.39, 0.29) is 0 Å². The fourth-order valence-electron chi connectivity index (χ4n) is 2.06. The molecule has 1 saturated carbocycles. The Hall–Kier alpha value is -1.20. The number of alkyl halides is 2. The molecule has 92 valence electrons. The molecule has 0 aromatic rings. The van der Waals surface area contributed by atoms with E-state index in [1.807, 2.05) is 0 Å². The number of amides is 1. The summed E-state index contributed by atoms with van der Waals surface area (Å²) in [4.78, 5) is 22.0. The molecule has 2 N–H and O–H groups in total. The summed E-state index contributed by atoms with van der Waals surface area (Å²) in [7, 11) is 0. The van der Waals surface area contributed by atoms with Crippen LogP contribution in [0.1, 0.15) is 32.6 Å². The Morgan fingerprint density at radius 1 is 1.44 bits per heavy atom. The molecule has 0 saturated heterocycles. The Labute approximate surface area is 92.0 Å². The lowest BCUT2D eigenvalue weighted by Gasteiger charge is -2.38. The smallest absolute Gasteiger partial charge is 0.315 e. The van der Waals surface area contributed by atoms with Gasteiger partial charge in [0.25, 0.3) is 5.91 Å². The average molecular weight is 235 g/mol. The monoisotopic (exact) mass is 235 g/mol. The highest BCUT2D eigenvalue weighted by atomic mass is 19.3. The molecule has 0 radical (unpaired) electrons. The van der Waals surface area contributed by atoms with Crippen LogP contribution in [0.2, 0.25) is 0 Å². The molecule has 6 heteroatoms. The molecule has 1 fully saturated rings. The molecule has 0 aromatic heterocycles. The topological polar surface area (TPSA) is 66.4 Å². The van der Waals surface area contributed by atoms with E-state index in [0.717, 1.165) is 12.8 Å². The maximum absolute atomic E-state index is 12.1. The zero-order valence-electron chi connectivity index (χ0n) is 9.00. The second-order valence-corrected chi connectivity index (χ2v) is 4.33. The lowest BCUT2D eigenvalue weighted by molar-refractivity contribution is -0.152. The SMILES string of the molecule is CC1(C(=O)O)CCCCC1NC(=O)C(F)F. The molecule has 2 unspecified atom stereocenters. The van der Waals surface area contributed by atoms with Crippen molar-refractivity contribution in [2.45, 2.75) is 45.1 Å². The van der Waals surface area contributed by atoms with Gasteiger partial charge in [0, 0.05) is 6.04 Å². The van der Waals surface area contributed by atoms with Crippen LogP contribution in [0.5, 0.6) is 0 Å². The van der Waals surface area contributed by atoms with Gasteiger partial charge in [-0.05, 0) is 19.8 Å². The van der Waals surface area contributed by atoms with Crippen molar-refractivity contribution in [2.75, 3.05) is 0 Å². The van der Waals surface area contributed by atoms with Crippen molar-refractivity contribution in [2.24, 2.45) is 5.41 Å². The lowest BCUT2D eigenvalue weighted by atomic mass is 9.71. The summed E-state index contributed by atoms with van der Waals surface area (Å²) >= 11 is 0. The quantitative estimate of drug-likeness (QED) is 0.777. The van der Waals surface area contributed by atoms with E-state index in [2.05, 4.69) is 5.32 Å². The molecule has 0 aliphatic heterocycles. The third kappa shape index (κ3) is 2.48. The number of hydrogen-bond acceptors (Lipinski definition) is 2. The first-order valence-corrected chi connectivity index (χ1v) is 5.20. The van der Waals surface area contributed by atoms with Gasteiger partial charge in [-0.3, -0.25) is 9.59 Å². The van der Waals surface area contributed by atoms with E-state index in [0.29, 0.717) is 12.8 Å². The zero-order valence-corrected chi connectivity index (χ0v) is 9.00. The average Bonchev–Trinajstić information content (AvgIpc) is 2.21. The van der Waals surface area contributed by atoms with Gasteiger partial charge in [0.05, 0.1) is 5.41 Å². The maximum Gasteiger partial charge on any atom is 0.315 e. The van der Waals surface area contributed by atoms with Crippen LogP contribution in [0.15, 0.2) is 0 Å². The molecule has 1 aliphatic rings. The number of rotatable bonds is 3. The molecule has 2 atom stereocenters. The van der Waals surface area contributed by atoms with E-state index in [1.54, 1.807) is 0 Å². The van der Waals surface area contributed by atoms with Gasteiger partial charge in [-0.1, -0.05) is 12.8 Å². The number of aliphatic carboxylic acids is 1. The molecule has 4 nitrogen and oxygen atoms in total. The summed E-state index contributed by atoms with van der Waals surface area (Å²) in [5.41, 5.74) is -1.14. The van der Waals surface area contributed by atoms with Gasteiger partial charge in [-0.15, -0.1) is 0 Å². The standard InChI is InChI=1S/C10H15F2NO3/c1-10(9(15)16)5-3-2-4-6(10)13-8(14)7(11)12/h6-7H,2-5H2,1H3,(H,13,14)(H,15,16). The van der Waals surface area contributed by atoms with Gasteiger partial charge in [-0.25, -0.2) is 0 Å². The van der Waals surface area contributed by atoms with Gasteiger partial charge in [-0.2, -0.15) is 8.78 Å². The minimum atomic E-state index is -3.10. The number of nitrogens with one attached hydrogen (secondary N) is 1. The van der Waals surface area contributed by atoms with Crippen molar-refractivity contribution in [3.63, 3.8) is 0 Å². The normalized spacial score (nSPS) is 30.1. The van der Waals surface area contributed by atoms with E-state index in [1.165, 1.54) is 6.92 Å². The van der Waals surface area contributed by atoms with Crippen LogP contribution in [0.25, 0.3) is 0 Å². The summed E-state index contributed by atoms with van der Waals surface area (Å²) in [5, 5.41) is 11.2. The minimum absolute atomic E-state index is 0.399. The van der Waals surface area contributed by atoms with Gasteiger partial charge in [0.2, 0.25) is 0 Å².